The average molecular weight is 250 g/mol. The molecule has 0 unspecified atom stereocenters. The fraction of sp³-hybridized carbons (Fsp3) is 0. The Labute approximate surface area is 88.9 Å². The van der Waals surface area contributed by atoms with Gasteiger partial charge in [0.05, 0.1) is 5.56 Å². The average Bonchev–Trinajstić information content (AvgIpc) is 2.18. The summed E-state index contributed by atoms with van der Waals surface area (Å²) in [6.45, 7) is 0. The summed E-state index contributed by atoms with van der Waals surface area (Å²) >= 11 is 3.28. The molecule has 0 fully saturated rings. The molecule has 2 aromatic rings. The van der Waals surface area contributed by atoms with Gasteiger partial charge in [-0.2, -0.15) is 5.26 Å². The first-order valence-corrected chi connectivity index (χ1v) is 4.79. The zero-order valence-electron chi connectivity index (χ0n) is 7.09. The second kappa shape index (κ2) is 3.39. The van der Waals surface area contributed by atoms with Gasteiger partial charge >= 0.3 is 0 Å². The summed E-state index contributed by atoms with van der Waals surface area (Å²) in [6.07, 6.45) is 0. The van der Waals surface area contributed by atoms with Gasteiger partial charge in [0.15, 0.2) is 0 Å². The second-order valence-electron chi connectivity index (χ2n) is 2.90. The highest BCUT2D eigenvalue weighted by atomic mass is 79.9. The molecule has 0 aliphatic heterocycles. The molecule has 68 valence electrons. The van der Waals surface area contributed by atoms with Crippen LogP contribution < -0.4 is 0 Å². The van der Waals surface area contributed by atoms with E-state index in [4.69, 9.17) is 5.26 Å². The largest absolute Gasteiger partial charge is 0.207 e. The Hall–Kier alpha value is -1.40. The number of hydrogen-bond donors (Lipinski definition) is 0. The van der Waals surface area contributed by atoms with E-state index >= 15 is 0 Å². The van der Waals surface area contributed by atoms with E-state index in [0.717, 1.165) is 15.2 Å². The van der Waals surface area contributed by atoms with E-state index in [1.54, 1.807) is 18.2 Å². The van der Waals surface area contributed by atoms with Crippen LogP contribution >= 0.6 is 15.9 Å². The molecule has 0 aliphatic rings. The molecule has 0 aliphatic carbocycles. The van der Waals surface area contributed by atoms with Crippen molar-refractivity contribution >= 4 is 26.7 Å². The minimum Gasteiger partial charge on any atom is -0.207 e. The van der Waals surface area contributed by atoms with Gasteiger partial charge in [-0.25, -0.2) is 4.39 Å². The van der Waals surface area contributed by atoms with Crippen molar-refractivity contribution in [1.82, 2.24) is 0 Å². The highest BCUT2D eigenvalue weighted by molar-refractivity contribution is 9.10. The molecule has 0 atom stereocenters. The molecule has 1 nitrogen and oxygen atoms in total. The molecule has 0 heterocycles. The second-order valence-corrected chi connectivity index (χ2v) is 3.75. The highest BCUT2D eigenvalue weighted by Crippen LogP contribution is 2.26. The lowest BCUT2D eigenvalue weighted by Gasteiger charge is -2.01. The molecule has 0 saturated carbocycles. The third kappa shape index (κ3) is 1.38. The van der Waals surface area contributed by atoms with Gasteiger partial charge in [-0.15, -0.1) is 0 Å². The summed E-state index contributed by atoms with van der Waals surface area (Å²) in [6, 6.07) is 10.0. The van der Waals surface area contributed by atoms with Gasteiger partial charge < -0.3 is 0 Å². The minimum atomic E-state index is -0.288. The van der Waals surface area contributed by atoms with Gasteiger partial charge in [-0.3, -0.25) is 0 Å². The summed E-state index contributed by atoms with van der Waals surface area (Å²) < 4.78 is 13.6. The van der Waals surface area contributed by atoms with E-state index in [2.05, 4.69) is 22.0 Å². The van der Waals surface area contributed by atoms with Gasteiger partial charge in [-0.05, 0) is 39.5 Å². The van der Waals surface area contributed by atoms with E-state index in [1.165, 1.54) is 12.1 Å². The van der Waals surface area contributed by atoms with E-state index in [0.29, 0.717) is 5.56 Å². The van der Waals surface area contributed by atoms with Crippen LogP contribution in [-0.4, -0.2) is 0 Å². The summed E-state index contributed by atoms with van der Waals surface area (Å²) in [5, 5.41) is 10.4. The van der Waals surface area contributed by atoms with Crippen molar-refractivity contribution in [3.05, 3.63) is 46.2 Å². The molecule has 0 amide bonds. The lowest BCUT2D eigenvalue weighted by molar-refractivity contribution is 0.630. The first-order chi connectivity index (χ1) is 6.72. The number of fused-ring (bicyclic) bond motifs is 1. The van der Waals surface area contributed by atoms with E-state index in [-0.39, 0.29) is 5.82 Å². The molecule has 14 heavy (non-hydrogen) atoms. The SMILES string of the molecule is N#Cc1c(Br)ccc2cc(F)ccc12. The predicted octanol–water partition coefficient (Wildman–Crippen LogP) is 3.61. The number of nitriles is 1. The molecule has 0 spiro atoms. The Bertz CT molecular complexity index is 543. The van der Waals surface area contributed by atoms with Crippen LogP contribution in [0.5, 0.6) is 0 Å². The molecule has 0 bridgehead atoms. The van der Waals surface area contributed by atoms with Gasteiger partial charge in [0.1, 0.15) is 11.9 Å². The van der Waals surface area contributed by atoms with Crippen LogP contribution in [0.3, 0.4) is 0 Å². The Morgan fingerprint density at radius 2 is 2.00 bits per heavy atom. The molecule has 2 aromatic carbocycles. The van der Waals surface area contributed by atoms with Gasteiger partial charge in [0.2, 0.25) is 0 Å². The quantitative estimate of drug-likeness (QED) is 0.700. The molecule has 0 radical (unpaired) electrons. The summed E-state index contributed by atoms with van der Waals surface area (Å²) in [7, 11) is 0. The normalized spacial score (nSPS) is 10.1. The summed E-state index contributed by atoms with van der Waals surface area (Å²) in [4.78, 5) is 0. The van der Waals surface area contributed by atoms with Gasteiger partial charge in [-0.1, -0.05) is 12.1 Å². The van der Waals surface area contributed by atoms with Crippen molar-refractivity contribution in [1.29, 1.82) is 5.26 Å². The fourth-order valence-corrected chi connectivity index (χ4v) is 1.82. The number of hydrogen-bond acceptors (Lipinski definition) is 1. The molecule has 0 saturated heterocycles. The predicted molar refractivity (Wildman–Crippen MR) is 56.3 cm³/mol. The first-order valence-electron chi connectivity index (χ1n) is 4.00. The number of halogens is 2. The van der Waals surface area contributed by atoms with Crippen LogP contribution in [0.4, 0.5) is 4.39 Å². The topological polar surface area (TPSA) is 23.8 Å². The van der Waals surface area contributed by atoms with E-state index < -0.39 is 0 Å². The van der Waals surface area contributed by atoms with Crippen LogP contribution in [-0.2, 0) is 0 Å². The standard InChI is InChI=1S/C11H5BrFN/c12-11-4-1-7-5-8(13)2-3-9(7)10(11)6-14/h1-5H. The Kier molecular flexibility index (Phi) is 2.22. The molecule has 3 heteroatoms. The fourth-order valence-electron chi connectivity index (χ4n) is 1.39. The molecular formula is C11H5BrFN. The van der Waals surface area contributed by atoms with Crippen molar-refractivity contribution < 1.29 is 4.39 Å². The first kappa shape index (κ1) is 9.17. The van der Waals surface area contributed by atoms with Crippen LogP contribution in [0, 0.1) is 17.1 Å². The lowest BCUT2D eigenvalue weighted by atomic mass is 10.1. The van der Waals surface area contributed by atoms with Crippen molar-refractivity contribution in [2.45, 2.75) is 0 Å². The summed E-state index contributed by atoms with van der Waals surface area (Å²) in [5.74, 6) is -0.288. The third-order valence-corrected chi connectivity index (χ3v) is 2.70. The van der Waals surface area contributed by atoms with Gasteiger partial charge in [0, 0.05) is 9.86 Å². The zero-order valence-corrected chi connectivity index (χ0v) is 8.68. The number of benzene rings is 2. The van der Waals surface area contributed by atoms with Crippen molar-refractivity contribution in [3.63, 3.8) is 0 Å². The van der Waals surface area contributed by atoms with Crippen molar-refractivity contribution in [3.8, 4) is 6.07 Å². The summed E-state index contributed by atoms with van der Waals surface area (Å²) in [5.41, 5.74) is 0.544. The van der Waals surface area contributed by atoms with Crippen LogP contribution in [0.2, 0.25) is 0 Å². The Morgan fingerprint density at radius 1 is 1.21 bits per heavy atom. The Morgan fingerprint density at radius 3 is 2.71 bits per heavy atom. The molecule has 0 aromatic heterocycles. The lowest BCUT2D eigenvalue weighted by Crippen LogP contribution is -1.83. The van der Waals surface area contributed by atoms with Gasteiger partial charge in [0.25, 0.3) is 0 Å². The maximum absolute atomic E-state index is 12.9. The van der Waals surface area contributed by atoms with Crippen molar-refractivity contribution in [2.75, 3.05) is 0 Å². The number of nitrogens with zero attached hydrogens (tertiary/aromatic N) is 1. The zero-order chi connectivity index (χ0) is 10.1. The molecular weight excluding hydrogens is 245 g/mol. The van der Waals surface area contributed by atoms with Crippen LogP contribution in [0.25, 0.3) is 10.8 Å². The maximum Gasteiger partial charge on any atom is 0.123 e. The molecule has 2 rings (SSSR count). The molecule has 0 N–H and O–H groups in total. The van der Waals surface area contributed by atoms with E-state index in [1.807, 2.05) is 0 Å². The monoisotopic (exact) mass is 249 g/mol. The highest BCUT2D eigenvalue weighted by Gasteiger charge is 2.05. The smallest absolute Gasteiger partial charge is 0.123 e. The van der Waals surface area contributed by atoms with E-state index in [9.17, 15) is 4.39 Å². The number of rotatable bonds is 0. The third-order valence-electron chi connectivity index (χ3n) is 2.04. The maximum atomic E-state index is 12.9. The Balaban J connectivity index is 2.90. The minimum absolute atomic E-state index is 0.288. The van der Waals surface area contributed by atoms with Crippen LogP contribution in [0.1, 0.15) is 5.56 Å². The van der Waals surface area contributed by atoms with Crippen molar-refractivity contribution in [2.24, 2.45) is 0 Å². The van der Waals surface area contributed by atoms with Crippen LogP contribution in [0.15, 0.2) is 34.8 Å².